The van der Waals surface area contributed by atoms with Crippen molar-refractivity contribution >= 4 is 0 Å². The quantitative estimate of drug-likeness (QED) is 0.749. The minimum atomic E-state index is 0.818. The van der Waals surface area contributed by atoms with Gasteiger partial charge in [-0.15, -0.1) is 0 Å². The highest BCUT2D eigenvalue weighted by molar-refractivity contribution is 4.93. The van der Waals surface area contributed by atoms with Crippen LogP contribution in [0.5, 0.6) is 0 Å². The minimum absolute atomic E-state index is 0.818. The summed E-state index contributed by atoms with van der Waals surface area (Å²) in [7, 11) is 0. The van der Waals surface area contributed by atoms with Crippen LogP contribution in [0.2, 0.25) is 0 Å². The monoisotopic (exact) mass is 276 g/mol. The van der Waals surface area contributed by atoms with Gasteiger partial charge >= 0.3 is 0 Å². The van der Waals surface area contributed by atoms with Gasteiger partial charge in [-0.05, 0) is 51.5 Å². The van der Waals surface area contributed by atoms with Gasteiger partial charge in [0.25, 0.3) is 0 Å². The molecule has 112 valence electrons. The van der Waals surface area contributed by atoms with E-state index in [1.54, 1.807) is 6.33 Å². The Kier molecular flexibility index (Phi) is 4.71. The lowest BCUT2D eigenvalue weighted by molar-refractivity contribution is 0.153. The van der Waals surface area contributed by atoms with E-state index in [2.05, 4.69) is 21.9 Å². The molecule has 3 rings (SSSR count). The fourth-order valence-electron chi connectivity index (χ4n) is 4.28. The Balaban J connectivity index is 1.37. The zero-order chi connectivity index (χ0) is 13.8. The zero-order valence-electron chi connectivity index (χ0n) is 12.7. The van der Waals surface area contributed by atoms with E-state index in [0.29, 0.717) is 0 Å². The lowest BCUT2D eigenvalue weighted by atomic mass is 9.85. The normalized spacial score (nSPS) is 30.6. The predicted molar refractivity (Wildman–Crippen MR) is 80.4 cm³/mol. The van der Waals surface area contributed by atoms with Crippen molar-refractivity contribution in [2.45, 2.75) is 76.9 Å². The second-order valence-electron chi connectivity index (χ2n) is 6.65. The molecule has 0 bridgehead atoms. The van der Waals surface area contributed by atoms with Crippen molar-refractivity contribution < 1.29 is 0 Å². The fraction of sp³-hybridized carbons (Fsp3) is 0.875. The maximum absolute atomic E-state index is 4.15. The van der Waals surface area contributed by atoms with Gasteiger partial charge in [0.1, 0.15) is 12.7 Å². The van der Waals surface area contributed by atoms with Crippen LogP contribution in [0.1, 0.15) is 58.3 Å². The Morgan fingerprint density at radius 1 is 1.10 bits per heavy atom. The molecule has 3 atom stereocenters. The summed E-state index contributed by atoms with van der Waals surface area (Å²) in [6, 6.07) is 1.73. The largest absolute Gasteiger partial charge is 0.297 e. The number of hydrogen-bond acceptors (Lipinski definition) is 3. The second-order valence-corrected chi connectivity index (χ2v) is 6.65. The number of unbranched alkanes of at least 4 members (excludes halogenated alkanes) is 2. The summed E-state index contributed by atoms with van der Waals surface area (Å²) in [6.07, 6.45) is 14.6. The first-order valence-corrected chi connectivity index (χ1v) is 8.43. The number of hydrogen-bond donors (Lipinski definition) is 0. The van der Waals surface area contributed by atoms with E-state index >= 15 is 0 Å². The van der Waals surface area contributed by atoms with Gasteiger partial charge in [-0.1, -0.05) is 19.3 Å². The van der Waals surface area contributed by atoms with Gasteiger partial charge in [-0.2, -0.15) is 5.10 Å². The van der Waals surface area contributed by atoms with Crippen molar-refractivity contribution in [1.82, 2.24) is 19.7 Å². The van der Waals surface area contributed by atoms with Gasteiger partial charge in [-0.25, -0.2) is 4.98 Å². The zero-order valence-corrected chi connectivity index (χ0v) is 12.7. The van der Waals surface area contributed by atoms with E-state index in [1.165, 1.54) is 57.9 Å². The molecule has 20 heavy (non-hydrogen) atoms. The summed E-state index contributed by atoms with van der Waals surface area (Å²) < 4.78 is 1.94. The Hall–Kier alpha value is -0.900. The van der Waals surface area contributed by atoms with Crippen LogP contribution in [-0.2, 0) is 6.54 Å². The van der Waals surface area contributed by atoms with Crippen LogP contribution >= 0.6 is 0 Å². The van der Waals surface area contributed by atoms with Crippen LogP contribution in [0, 0.1) is 5.92 Å². The number of fused-ring (bicyclic) bond motifs is 1. The first kappa shape index (κ1) is 14.1. The molecule has 1 saturated heterocycles. The molecular weight excluding hydrogens is 248 g/mol. The Morgan fingerprint density at radius 2 is 1.95 bits per heavy atom. The molecule has 1 aromatic rings. The van der Waals surface area contributed by atoms with Crippen LogP contribution in [0.3, 0.4) is 0 Å². The summed E-state index contributed by atoms with van der Waals surface area (Å²) in [4.78, 5) is 6.80. The molecule has 4 nitrogen and oxygen atoms in total. The van der Waals surface area contributed by atoms with E-state index in [0.717, 1.165) is 24.5 Å². The molecule has 0 radical (unpaired) electrons. The molecule has 0 amide bonds. The van der Waals surface area contributed by atoms with Crippen LogP contribution in [-0.4, -0.2) is 38.3 Å². The van der Waals surface area contributed by atoms with Gasteiger partial charge in [-0.3, -0.25) is 9.58 Å². The highest BCUT2D eigenvalue weighted by Crippen LogP contribution is 2.39. The average molecular weight is 276 g/mol. The summed E-state index contributed by atoms with van der Waals surface area (Å²) >= 11 is 0. The molecule has 2 heterocycles. The predicted octanol–water partition coefficient (Wildman–Crippen LogP) is 3.10. The van der Waals surface area contributed by atoms with Crippen LogP contribution in [0.4, 0.5) is 0 Å². The summed E-state index contributed by atoms with van der Waals surface area (Å²) in [6.45, 7) is 4.76. The Morgan fingerprint density at radius 3 is 2.80 bits per heavy atom. The topological polar surface area (TPSA) is 34.0 Å². The molecule has 1 saturated carbocycles. The van der Waals surface area contributed by atoms with Crippen LogP contribution < -0.4 is 0 Å². The SMILES string of the molecule is CC1CC2CCCCC2N1CCCCCn1cncn1. The molecule has 4 heteroatoms. The lowest BCUT2D eigenvalue weighted by Crippen LogP contribution is -2.38. The smallest absolute Gasteiger partial charge is 0.137 e. The van der Waals surface area contributed by atoms with Gasteiger partial charge in [0, 0.05) is 18.6 Å². The first-order chi connectivity index (χ1) is 9.84. The molecule has 0 aromatic carbocycles. The van der Waals surface area contributed by atoms with Crippen molar-refractivity contribution in [1.29, 1.82) is 0 Å². The average Bonchev–Trinajstić information content (AvgIpc) is 3.06. The summed E-state index contributed by atoms with van der Waals surface area (Å²) in [5.41, 5.74) is 0. The second kappa shape index (κ2) is 6.70. The molecule has 2 aliphatic rings. The third kappa shape index (κ3) is 3.22. The molecule has 0 N–H and O–H groups in total. The number of likely N-dealkylation sites (tertiary alicyclic amines) is 1. The van der Waals surface area contributed by atoms with Crippen LogP contribution in [0.25, 0.3) is 0 Å². The fourth-order valence-corrected chi connectivity index (χ4v) is 4.28. The van der Waals surface area contributed by atoms with Crippen molar-refractivity contribution in [2.24, 2.45) is 5.92 Å². The van der Waals surface area contributed by atoms with E-state index in [9.17, 15) is 0 Å². The number of aryl methyl sites for hydroxylation is 1. The Labute approximate surface area is 122 Å². The number of nitrogens with zero attached hydrogens (tertiary/aromatic N) is 4. The van der Waals surface area contributed by atoms with Crippen molar-refractivity contribution in [2.75, 3.05) is 6.54 Å². The standard InChI is InChI=1S/C16H28N4/c1-14-11-15-7-3-4-8-16(15)20(14)10-6-2-5-9-19-13-17-12-18-19/h12-16H,2-11H2,1H3. The molecule has 2 fully saturated rings. The number of rotatable bonds is 6. The maximum Gasteiger partial charge on any atom is 0.137 e. The van der Waals surface area contributed by atoms with E-state index < -0.39 is 0 Å². The third-order valence-corrected chi connectivity index (χ3v) is 5.28. The van der Waals surface area contributed by atoms with Gasteiger partial charge < -0.3 is 0 Å². The van der Waals surface area contributed by atoms with Gasteiger partial charge in [0.15, 0.2) is 0 Å². The first-order valence-electron chi connectivity index (χ1n) is 8.43. The summed E-state index contributed by atoms with van der Waals surface area (Å²) in [5.74, 6) is 1.01. The number of aromatic nitrogens is 3. The van der Waals surface area contributed by atoms with Gasteiger partial charge in [0.2, 0.25) is 0 Å². The van der Waals surface area contributed by atoms with E-state index in [1.807, 2.05) is 11.0 Å². The highest BCUT2D eigenvalue weighted by atomic mass is 15.3. The minimum Gasteiger partial charge on any atom is -0.297 e. The molecule has 1 aliphatic heterocycles. The van der Waals surface area contributed by atoms with E-state index in [-0.39, 0.29) is 0 Å². The lowest BCUT2D eigenvalue weighted by Gasteiger charge is -2.33. The molecular formula is C16H28N4. The van der Waals surface area contributed by atoms with Crippen LogP contribution in [0.15, 0.2) is 12.7 Å². The Bertz CT molecular complexity index is 389. The molecule has 1 aliphatic carbocycles. The third-order valence-electron chi connectivity index (χ3n) is 5.28. The van der Waals surface area contributed by atoms with Crippen molar-refractivity contribution in [3.63, 3.8) is 0 Å². The summed E-state index contributed by atoms with van der Waals surface area (Å²) in [5, 5.41) is 4.15. The van der Waals surface area contributed by atoms with Crippen molar-refractivity contribution in [3.8, 4) is 0 Å². The van der Waals surface area contributed by atoms with E-state index in [4.69, 9.17) is 0 Å². The maximum atomic E-state index is 4.15. The molecule has 1 aromatic heterocycles. The van der Waals surface area contributed by atoms with Gasteiger partial charge in [0.05, 0.1) is 0 Å². The molecule has 0 spiro atoms. The molecule has 3 unspecified atom stereocenters. The highest BCUT2D eigenvalue weighted by Gasteiger charge is 2.39. The van der Waals surface area contributed by atoms with Crippen molar-refractivity contribution in [3.05, 3.63) is 12.7 Å².